The number of carbonyl (C=O) groups is 1. The summed E-state index contributed by atoms with van der Waals surface area (Å²) in [6, 6.07) is 8.18. The first-order chi connectivity index (χ1) is 11.3. The number of nitrogens with zero attached hydrogens (tertiary/aromatic N) is 2. The maximum absolute atomic E-state index is 11.9. The minimum atomic E-state index is -0.101. The molecule has 0 saturated carbocycles. The van der Waals surface area contributed by atoms with E-state index in [0.717, 1.165) is 24.3 Å². The Kier molecular flexibility index (Phi) is 4.57. The molecule has 0 bridgehead atoms. The molecule has 2 heterocycles. The Morgan fingerprint density at radius 1 is 1.39 bits per heavy atom. The highest BCUT2D eigenvalue weighted by Gasteiger charge is 2.03. The van der Waals surface area contributed by atoms with Crippen molar-refractivity contribution in [2.24, 2.45) is 0 Å². The smallest absolute Gasteiger partial charge is 0.244 e. The number of fused-ring (bicyclic) bond motifs is 1. The SMILES string of the molecule is CCn1ccnc1C=CC(=O)NCCc1c[nH]c2ccccc12. The molecule has 0 atom stereocenters. The Morgan fingerprint density at radius 2 is 2.26 bits per heavy atom. The summed E-state index contributed by atoms with van der Waals surface area (Å²) in [5.74, 6) is 0.690. The van der Waals surface area contributed by atoms with Gasteiger partial charge in [-0.15, -0.1) is 0 Å². The molecule has 0 aliphatic heterocycles. The maximum atomic E-state index is 11.9. The van der Waals surface area contributed by atoms with Gasteiger partial charge < -0.3 is 14.9 Å². The number of aryl methyl sites for hydroxylation is 1. The Hall–Kier alpha value is -2.82. The van der Waals surface area contributed by atoms with Crippen LogP contribution < -0.4 is 5.32 Å². The number of aromatic nitrogens is 3. The van der Waals surface area contributed by atoms with Crippen LogP contribution in [0.25, 0.3) is 17.0 Å². The monoisotopic (exact) mass is 308 g/mol. The molecule has 0 aliphatic carbocycles. The number of nitrogens with one attached hydrogen (secondary N) is 2. The summed E-state index contributed by atoms with van der Waals surface area (Å²) in [6.45, 7) is 3.48. The molecule has 3 rings (SSSR count). The number of imidazole rings is 1. The van der Waals surface area contributed by atoms with Gasteiger partial charge in [0.25, 0.3) is 0 Å². The van der Waals surface area contributed by atoms with Gasteiger partial charge in [0.1, 0.15) is 5.82 Å². The summed E-state index contributed by atoms with van der Waals surface area (Å²) in [5, 5.41) is 4.12. The molecule has 1 amide bonds. The number of hydrogen-bond donors (Lipinski definition) is 2. The van der Waals surface area contributed by atoms with E-state index in [1.807, 2.05) is 36.0 Å². The second-order valence-corrected chi connectivity index (χ2v) is 5.31. The fourth-order valence-electron chi connectivity index (χ4n) is 2.61. The lowest BCUT2D eigenvalue weighted by Crippen LogP contribution is -2.23. The number of aromatic amines is 1. The van der Waals surface area contributed by atoms with Gasteiger partial charge in [0.05, 0.1) is 0 Å². The summed E-state index contributed by atoms with van der Waals surface area (Å²) in [7, 11) is 0. The Bertz CT molecular complexity index is 828. The predicted octanol–water partition coefficient (Wildman–Crippen LogP) is 2.76. The Balaban J connectivity index is 1.53. The number of para-hydroxylation sites is 1. The molecule has 5 heteroatoms. The van der Waals surface area contributed by atoms with Crippen LogP contribution in [0.4, 0.5) is 0 Å². The standard InChI is InChI=1S/C18H20N4O/c1-2-22-12-11-19-17(22)7-8-18(23)20-10-9-14-13-21-16-6-4-3-5-15(14)16/h3-8,11-13,21H,2,9-10H2,1H3,(H,20,23). The third-order valence-corrected chi connectivity index (χ3v) is 3.84. The molecule has 118 valence electrons. The molecular formula is C18H20N4O. The first kappa shape index (κ1) is 15.1. The van der Waals surface area contributed by atoms with Gasteiger partial charge in [0, 0.05) is 48.7 Å². The van der Waals surface area contributed by atoms with Gasteiger partial charge in [0.2, 0.25) is 5.91 Å². The average molecular weight is 308 g/mol. The second kappa shape index (κ2) is 6.96. The summed E-state index contributed by atoms with van der Waals surface area (Å²) in [5.41, 5.74) is 2.34. The van der Waals surface area contributed by atoms with Crippen LogP contribution in [0.1, 0.15) is 18.3 Å². The first-order valence-electron chi connectivity index (χ1n) is 7.80. The molecule has 0 spiro atoms. The molecule has 2 N–H and O–H groups in total. The minimum Gasteiger partial charge on any atom is -0.361 e. The van der Waals surface area contributed by atoms with E-state index < -0.39 is 0 Å². The third-order valence-electron chi connectivity index (χ3n) is 3.84. The van der Waals surface area contributed by atoms with Crippen molar-refractivity contribution >= 4 is 22.9 Å². The van der Waals surface area contributed by atoms with Crippen molar-refractivity contribution in [3.8, 4) is 0 Å². The predicted molar refractivity (Wildman–Crippen MR) is 91.9 cm³/mol. The Labute approximate surface area is 135 Å². The zero-order chi connectivity index (χ0) is 16.1. The molecule has 0 saturated heterocycles. The molecule has 23 heavy (non-hydrogen) atoms. The van der Waals surface area contributed by atoms with Gasteiger partial charge in [0.15, 0.2) is 0 Å². The number of amides is 1. The molecular weight excluding hydrogens is 288 g/mol. The number of benzene rings is 1. The highest BCUT2D eigenvalue weighted by molar-refractivity contribution is 5.91. The van der Waals surface area contributed by atoms with Gasteiger partial charge >= 0.3 is 0 Å². The number of H-pyrrole nitrogens is 1. The third kappa shape index (κ3) is 3.51. The Morgan fingerprint density at radius 3 is 3.13 bits per heavy atom. The summed E-state index contributed by atoms with van der Waals surface area (Å²) >= 11 is 0. The lowest BCUT2D eigenvalue weighted by Gasteiger charge is -2.02. The summed E-state index contributed by atoms with van der Waals surface area (Å²) in [4.78, 5) is 19.3. The summed E-state index contributed by atoms with van der Waals surface area (Å²) < 4.78 is 1.98. The van der Waals surface area contributed by atoms with E-state index in [-0.39, 0.29) is 5.91 Å². The quantitative estimate of drug-likeness (QED) is 0.688. The number of carbonyl (C=O) groups excluding carboxylic acids is 1. The van der Waals surface area contributed by atoms with E-state index in [1.54, 1.807) is 12.3 Å². The van der Waals surface area contributed by atoms with Crippen LogP contribution in [-0.2, 0) is 17.8 Å². The molecule has 3 aromatic rings. The maximum Gasteiger partial charge on any atom is 0.244 e. The van der Waals surface area contributed by atoms with Gasteiger partial charge in [-0.25, -0.2) is 4.98 Å². The normalized spacial score (nSPS) is 11.3. The molecule has 0 aliphatic rings. The number of hydrogen-bond acceptors (Lipinski definition) is 2. The van der Waals surface area contributed by atoms with E-state index in [1.165, 1.54) is 17.0 Å². The van der Waals surface area contributed by atoms with Crippen LogP contribution in [0.3, 0.4) is 0 Å². The van der Waals surface area contributed by atoms with Crippen molar-refractivity contribution in [3.63, 3.8) is 0 Å². The van der Waals surface area contributed by atoms with Crippen LogP contribution in [0.2, 0.25) is 0 Å². The van der Waals surface area contributed by atoms with Crippen molar-refractivity contribution in [3.05, 3.63) is 60.3 Å². The zero-order valence-corrected chi connectivity index (χ0v) is 13.1. The molecule has 5 nitrogen and oxygen atoms in total. The highest BCUT2D eigenvalue weighted by atomic mass is 16.1. The molecule has 2 aromatic heterocycles. The van der Waals surface area contributed by atoms with Gasteiger partial charge in [-0.2, -0.15) is 0 Å². The molecule has 0 unspecified atom stereocenters. The van der Waals surface area contributed by atoms with Crippen molar-refractivity contribution in [2.75, 3.05) is 6.54 Å². The van der Waals surface area contributed by atoms with Gasteiger partial charge in [-0.05, 0) is 31.1 Å². The van der Waals surface area contributed by atoms with Crippen molar-refractivity contribution in [1.29, 1.82) is 0 Å². The molecule has 1 aromatic carbocycles. The largest absolute Gasteiger partial charge is 0.361 e. The number of rotatable bonds is 6. The lowest BCUT2D eigenvalue weighted by molar-refractivity contribution is -0.116. The van der Waals surface area contributed by atoms with Crippen molar-refractivity contribution in [2.45, 2.75) is 19.9 Å². The van der Waals surface area contributed by atoms with Crippen LogP contribution in [0, 0.1) is 0 Å². The van der Waals surface area contributed by atoms with Crippen LogP contribution >= 0.6 is 0 Å². The fourth-order valence-corrected chi connectivity index (χ4v) is 2.61. The van der Waals surface area contributed by atoms with Crippen LogP contribution in [0.15, 0.2) is 48.9 Å². The zero-order valence-electron chi connectivity index (χ0n) is 13.1. The van der Waals surface area contributed by atoms with Gasteiger partial charge in [-0.3, -0.25) is 4.79 Å². The minimum absolute atomic E-state index is 0.101. The van der Waals surface area contributed by atoms with Crippen LogP contribution in [-0.4, -0.2) is 27.0 Å². The van der Waals surface area contributed by atoms with Crippen molar-refractivity contribution in [1.82, 2.24) is 19.9 Å². The second-order valence-electron chi connectivity index (χ2n) is 5.31. The highest BCUT2D eigenvalue weighted by Crippen LogP contribution is 2.17. The van der Waals surface area contributed by atoms with E-state index in [4.69, 9.17) is 0 Å². The summed E-state index contributed by atoms with van der Waals surface area (Å²) in [6.07, 6.45) is 9.71. The topological polar surface area (TPSA) is 62.7 Å². The lowest BCUT2D eigenvalue weighted by atomic mass is 10.1. The van der Waals surface area contributed by atoms with Gasteiger partial charge in [-0.1, -0.05) is 18.2 Å². The first-order valence-corrected chi connectivity index (χ1v) is 7.80. The molecule has 0 radical (unpaired) electrons. The van der Waals surface area contributed by atoms with Crippen LogP contribution in [0.5, 0.6) is 0 Å². The van der Waals surface area contributed by atoms with E-state index in [0.29, 0.717) is 6.54 Å². The van der Waals surface area contributed by atoms with E-state index >= 15 is 0 Å². The fraction of sp³-hybridized carbons (Fsp3) is 0.222. The van der Waals surface area contributed by atoms with E-state index in [2.05, 4.69) is 27.4 Å². The van der Waals surface area contributed by atoms with E-state index in [9.17, 15) is 4.79 Å². The average Bonchev–Trinajstić information content (AvgIpc) is 3.19. The van der Waals surface area contributed by atoms with Crippen molar-refractivity contribution < 1.29 is 4.79 Å². The molecule has 0 fully saturated rings.